The second-order valence-electron chi connectivity index (χ2n) is 5.64. The molecular weight excluding hydrogens is 285 g/mol. The van der Waals surface area contributed by atoms with E-state index in [1.807, 2.05) is 0 Å². The van der Waals surface area contributed by atoms with E-state index < -0.39 is 5.92 Å². The summed E-state index contributed by atoms with van der Waals surface area (Å²) < 4.78 is 18.7. The Kier molecular flexibility index (Phi) is 2.82. The molecule has 0 N–H and O–H groups in total. The van der Waals surface area contributed by atoms with Crippen LogP contribution in [0.2, 0.25) is 0 Å². The third kappa shape index (κ3) is 1.93. The molecule has 0 bridgehead atoms. The summed E-state index contributed by atoms with van der Waals surface area (Å²) >= 11 is 0. The lowest BCUT2D eigenvalue weighted by molar-refractivity contribution is -0.130. The second kappa shape index (κ2) is 4.73. The number of aromatic nitrogens is 1. The molecule has 1 aliphatic carbocycles. The smallest absolute Gasteiger partial charge is 0.167 e. The first-order valence-electron chi connectivity index (χ1n) is 7.15. The summed E-state index contributed by atoms with van der Waals surface area (Å²) in [6, 6.07) is 7.99. The molecule has 0 saturated heterocycles. The summed E-state index contributed by atoms with van der Waals surface area (Å²) in [5, 5.41) is 6.35. The molecule has 110 valence electrons. The number of hydrogen-bond acceptors (Lipinski definition) is 4. The fourth-order valence-corrected chi connectivity index (χ4v) is 3.16. The molecule has 0 amide bonds. The average Bonchev–Trinajstić information content (AvgIpc) is 2.91. The Morgan fingerprint density at radius 2 is 2.05 bits per heavy atom. The predicted molar refractivity (Wildman–Crippen MR) is 78.1 cm³/mol. The van der Waals surface area contributed by atoms with Gasteiger partial charge in [-0.05, 0) is 35.4 Å². The molecule has 0 aliphatic heterocycles. The molecular formula is C17H12FNO3. The van der Waals surface area contributed by atoms with Gasteiger partial charge >= 0.3 is 0 Å². The zero-order chi connectivity index (χ0) is 15.3. The molecule has 1 aromatic heterocycles. The molecule has 0 radical (unpaired) electrons. The van der Waals surface area contributed by atoms with Crippen LogP contribution in [-0.4, -0.2) is 16.7 Å². The summed E-state index contributed by atoms with van der Waals surface area (Å²) in [5.74, 6) is -0.884. The number of halogens is 1. The predicted octanol–water partition coefficient (Wildman–Crippen LogP) is 3.53. The largest absolute Gasteiger partial charge is 0.356 e. The molecule has 0 spiro atoms. The number of nitrogens with zero attached hydrogens (tertiary/aromatic N) is 1. The van der Waals surface area contributed by atoms with Crippen LogP contribution >= 0.6 is 0 Å². The molecule has 4 nitrogen and oxygen atoms in total. The van der Waals surface area contributed by atoms with Gasteiger partial charge < -0.3 is 4.52 Å². The first kappa shape index (κ1) is 13.1. The highest BCUT2D eigenvalue weighted by Crippen LogP contribution is 2.36. The molecule has 1 saturated carbocycles. The van der Waals surface area contributed by atoms with Crippen molar-refractivity contribution in [2.75, 3.05) is 0 Å². The summed E-state index contributed by atoms with van der Waals surface area (Å²) in [7, 11) is 0. The third-order valence-corrected chi connectivity index (χ3v) is 4.24. The van der Waals surface area contributed by atoms with Gasteiger partial charge in [-0.2, -0.15) is 0 Å². The highest BCUT2D eigenvalue weighted by molar-refractivity contribution is 6.10. The second-order valence-corrected chi connectivity index (χ2v) is 5.64. The highest BCUT2D eigenvalue weighted by Gasteiger charge is 2.32. The molecule has 1 heterocycles. The zero-order valence-corrected chi connectivity index (χ0v) is 11.6. The minimum Gasteiger partial charge on any atom is -0.356 e. The molecule has 1 fully saturated rings. The summed E-state index contributed by atoms with van der Waals surface area (Å²) in [6.45, 7) is 0. The molecule has 4 rings (SSSR count). The monoisotopic (exact) mass is 297 g/mol. The van der Waals surface area contributed by atoms with Crippen molar-refractivity contribution in [3.8, 4) is 0 Å². The van der Waals surface area contributed by atoms with E-state index in [1.54, 1.807) is 18.2 Å². The Labute approximate surface area is 124 Å². The van der Waals surface area contributed by atoms with Gasteiger partial charge in [0.15, 0.2) is 5.58 Å². The number of fused-ring (bicyclic) bond motifs is 3. The van der Waals surface area contributed by atoms with Gasteiger partial charge in [-0.25, -0.2) is 4.39 Å². The number of hydrogen-bond donors (Lipinski definition) is 0. The Bertz CT molecular complexity index is 928. The van der Waals surface area contributed by atoms with Crippen LogP contribution in [0.15, 0.2) is 34.9 Å². The number of benzene rings is 2. The SMILES string of the molecule is O=C1CCC(c2noc3ccc4cc(F)ccc4c23)C(=O)C1. The maximum atomic E-state index is 13.4. The molecule has 1 unspecified atom stereocenters. The van der Waals surface area contributed by atoms with E-state index in [0.29, 0.717) is 24.1 Å². The van der Waals surface area contributed by atoms with E-state index in [4.69, 9.17) is 4.52 Å². The number of carbonyl (C=O) groups excluding carboxylic acids is 2. The van der Waals surface area contributed by atoms with Crippen LogP contribution < -0.4 is 0 Å². The topological polar surface area (TPSA) is 60.2 Å². The molecule has 1 aliphatic rings. The Morgan fingerprint density at radius 1 is 1.18 bits per heavy atom. The van der Waals surface area contributed by atoms with Crippen molar-refractivity contribution in [3.63, 3.8) is 0 Å². The minimum absolute atomic E-state index is 0.0269. The van der Waals surface area contributed by atoms with E-state index in [1.165, 1.54) is 12.1 Å². The van der Waals surface area contributed by atoms with Gasteiger partial charge in [0, 0.05) is 6.42 Å². The number of ketones is 2. The Morgan fingerprint density at radius 3 is 2.86 bits per heavy atom. The normalized spacial score (nSPS) is 19.2. The van der Waals surface area contributed by atoms with E-state index in [9.17, 15) is 14.0 Å². The van der Waals surface area contributed by atoms with Gasteiger partial charge in [0.25, 0.3) is 0 Å². The lowest BCUT2D eigenvalue weighted by Gasteiger charge is -2.17. The van der Waals surface area contributed by atoms with E-state index in [2.05, 4.69) is 5.16 Å². The number of rotatable bonds is 1. The van der Waals surface area contributed by atoms with E-state index in [-0.39, 0.29) is 23.8 Å². The van der Waals surface area contributed by atoms with Crippen molar-refractivity contribution in [2.45, 2.75) is 25.2 Å². The molecule has 1 atom stereocenters. The lowest BCUT2D eigenvalue weighted by atomic mass is 9.83. The summed E-state index contributed by atoms with van der Waals surface area (Å²) in [5.41, 5.74) is 1.13. The van der Waals surface area contributed by atoms with Crippen LogP contribution in [0.3, 0.4) is 0 Å². The van der Waals surface area contributed by atoms with Gasteiger partial charge in [0.05, 0.1) is 17.7 Å². The summed E-state index contributed by atoms with van der Waals surface area (Å²) in [6.07, 6.45) is 0.791. The van der Waals surface area contributed by atoms with Crippen molar-refractivity contribution < 1.29 is 18.5 Å². The summed E-state index contributed by atoms with van der Waals surface area (Å²) in [4.78, 5) is 23.6. The fourth-order valence-electron chi connectivity index (χ4n) is 3.16. The maximum Gasteiger partial charge on any atom is 0.167 e. The van der Waals surface area contributed by atoms with Crippen molar-refractivity contribution >= 4 is 33.3 Å². The fraction of sp³-hybridized carbons (Fsp3) is 0.235. The van der Waals surface area contributed by atoms with E-state index >= 15 is 0 Å². The quantitative estimate of drug-likeness (QED) is 0.645. The van der Waals surface area contributed by atoms with Crippen molar-refractivity contribution in [3.05, 3.63) is 41.8 Å². The van der Waals surface area contributed by atoms with Crippen molar-refractivity contribution in [1.82, 2.24) is 5.16 Å². The van der Waals surface area contributed by atoms with Crippen LogP contribution in [0.1, 0.15) is 30.9 Å². The van der Waals surface area contributed by atoms with Gasteiger partial charge in [-0.15, -0.1) is 0 Å². The Hall–Kier alpha value is -2.56. The first-order chi connectivity index (χ1) is 10.6. The van der Waals surface area contributed by atoms with Crippen LogP contribution in [0.25, 0.3) is 21.7 Å². The maximum absolute atomic E-state index is 13.4. The zero-order valence-electron chi connectivity index (χ0n) is 11.6. The molecule has 5 heteroatoms. The van der Waals surface area contributed by atoms with Crippen LogP contribution in [-0.2, 0) is 9.59 Å². The average molecular weight is 297 g/mol. The van der Waals surface area contributed by atoms with Crippen LogP contribution in [0.5, 0.6) is 0 Å². The third-order valence-electron chi connectivity index (χ3n) is 4.24. The van der Waals surface area contributed by atoms with Crippen LogP contribution in [0, 0.1) is 5.82 Å². The first-order valence-corrected chi connectivity index (χ1v) is 7.15. The Balaban J connectivity index is 1.95. The van der Waals surface area contributed by atoms with E-state index in [0.717, 1.165) is 16.2 Å². The number of Topliss-reactive ketones (excluding diaryl/α,β-unsaturated/α-hetero) is 2. The van der Waals surface area contributed by atoms with Gasteiger partial charge in [-0.1, -0.05) is 17.3 Å². The minimum atomic E-state index is -0.422. The molecule has 3 aromatic rings. The van der Waals surface area contributed by atoms with Gasteiger partial charge in [-0.3, -0.25) is 9.59 Å². The molecule has 2 aromatic carbocycles. The van der Waals surface area contributed by atoms with Gasteiger partial charge in [0.1, 0.15) is 23.1 Å². The van der Waals surface area contributed by atoms with Crippen molar-refractivity contribution in [1.29, 1.82) is 0 Å². The number of carbonyl (C=O) groups is 2. The highest BCUT2D eigenvalue weighted by atomic mass is 19.1. The van der Waals surface area contributed by atoms with Gasteiger partial charge in [0.2, 0.25) is 0 Å². The lowest BCUT2D eigenvalue weighted by Crippen LogP contribution is -2.23. The molecule has 22 heavy (non-hydrogen) atoms. The van der Waals surface area contributed by atoms with Crippen LogP contribution in [0.4, 0.5) is 4.39 Å². The standard InChI is InChI=1S/C17H12FNO3/c18-10-2-4-12-9(7-10)1-6-15-16(12)17(19-22-15)13-5-3-11(20)8-14(13)21/h1-2,4,6-7,13H,3,5,8H2. The van der Waals surface area contributed by atoms with Crippen molar-refractivity contribution in [2.24, 2.45) is 0 Å².